The van der Waals surface area contributed by atoms with Gasteiger partial charge in [0.15, 0.2) is 11.7 Å². The lowest BCUT2D eigenvalue weighted by molar-refractivity contribution is -0.145. The van der Waals surface area contributed by atoms with Crippen LogP contribution >= 0.6 is 12.2 Å². The summed E-state index contributed by atoms with van der Waals surface area (Å²) < 4.78 is 16.5. The molecule has 8 heteroatoms. The molecule has 3 rings (SSSR count). The highest BCUT2D eigenvalue weighted by Crippen LogP contribution is 2.36. The topological polar surface area (TPSA) is 80.9 Å². The number of nitrogens with one attached hydrogen (secondary N) is 3. The van der Waals surface area contributed by atoms with Gasteiger partial charge in [-0.25, -0.2) is 4.79 Å². The first-order valence-corrected chi connectivity index (χ1v) is 11.4. The van der Waals surface area contributed by atoms with E-state index in [1.807, 2.05) is 44.2 Å². The van der Waals surface area contributed by atoms with Gasteiger partial charge in [-0.2, -0.15) is 0 Å². The van der Waals surface area contributed by atoms with Gasteiger partial charge in [0.25, 0.3) is 0 Å². The summed E-state index contributed by atoms with van der Waals surface area (Å²) in [7, 11) is 0. The Labute approximate surface area is 200 Å². The number of esters is 1. The van der Waals surface area contributed by atoms with Crippen LogP contribution in [-0.2, 0) is 9.53 Å². The molecular formula is C25H31N3O4S. The average Bonchev–Trinajstić information content (AvgIpc) is 2.76. The van der Waals surface area contributed by atoms with E-state index in [4.69, 9.17) is 26.4 Å². The second kappa shape index (κ2) is 10.6. The molecule has 1 aliphatic rings. The van der Waals surface area contributed by atoms with Gasteiger partial charge in [-0.1, -0.05) is 26.0 Å². The van der Waals surface area contributed by atoms with Gasteiger partial charge in [-0.15, -0.1) is 0 Å². The van der Waals surface area contributed by atoms with Gasteiger partial charge >= 0.3 is 5.97 Å². The zero-order valence-corrected chi connectivity index (χ0v) is 20.5. The standard InChI is InChI=1S/C25H31N3O4S/c1-6-30-23(29)15-31-19-11-12-22-20(13-19)21(14-25(4,5)32-22)27-28-24(33)26-18-9-7-17(8-10-18)16(2)3/h7-14,16,27H,6,15H2,1-5H3,(H2,26,28,33). The van der Waals surface area contributed by atoms with Crippen molar-refractivity contribution < 1.29 is 19.0 Å². The van der Waals surface area contributed by atoms with Crippen molar-refractivity contribution in [1.82, 2.24) is 10.9 Å². The van der Waals surface area contributed by atoms with Crippen molar-refractivity contribution >= 4 is 34.7 Å². The van der Waals surface area contributed by atoms with Crippen LogP contribution in [-0.4, -0.2) is 29.9 Å². The van der Waals surface area contributed by atoms with E-state index < -0.39 is 11.6 Å². The molecule has 1 aliphatic heterocycles. The smallest absolute Gasteiger partial charge is 0.344 e. The molecule has 0 bridgehead atoms. The summed E-state index contributed by atoms with van der Waals surface area (Å²) in [6.45, 7) is 10.2. The monoisotopic (exact) mass is 469 g/mol. The lowest BCUT2D eigenvalue weighted by Gasteiger charge is -2.31. The van der Waals surface area contributed by atoms with Crippen molar-refractivity contribution in [3.8, 4) is 11.5 Å². The molecule has 7 nitrogen and oxygen atoms in total. The summed E-state index contributed by atoms with van der Waals surface area (Å²) in [5.41, 5.74) is 9.42. The molecule has 0 spiro atoms. The predicted molar refractivity (Wildman–Crippen MR) is 134 cm³/mol. The van der Waals surface area contributed by atoms with E-state index in [2.05, 4.69) is 42.1 Å². The predicted octanol–water partition coefficient (Wildman–Crippen LogP) is 4.76. The Balaban J connectivity index is 1.67. The molecule has 0 aromatic heterocycles. The number of carbonyl (C=O) groups is 1. The Hall–Kier alpha value is -3.26. The van der Waals surface area contributed by atoms with Crippen LogP contribution in [0.15, 0.2) is 48.5 Å². The Kier molecular flexibility index (Phi) is 7.81. The van der Waals surface area contributed by atoms with Gasteiger partial charge in [0, 0.05) is 11.3 Å². The SMILES string of the molecule is CCOC(=O)COc1ccc2c(c1)C(NNC(=S)Nc1ccc(C(C)C)cc1)=CC(C)(C)O2. The van der Waals surface area contributed by atoms with E-state index in [9.17, 15) is 4.79 Å². The number of anilines is 1. The minimum absolute atomic E-state index is 0.159. The number of benzene rings is 2. The van der Waals surface area contributed by atoms with Crippen LogP contribution in [0.25, 0.3) is 5.70 Å². The van der Waals surface area contributed by atoms with Crippen LogP contribution in [0.1, 0.15) is 51.7 Å². The largest absolute Gasteiger partial charge is 0.483 e. The number of fused-ring (bicyclic) bond motifs is 1. The molecule has 0 fully saturated rings. The first kappa shape index (κ1) is 24.4. The molecule has 0 amide bonds. The quantitative estimate of drug-likeness (QED) is 0.290. The Morgan fingerprint density at radius 2 is 1.88 bits per heavy atom. The van der Waals surface area contributed by atoms with Crippen LogP contribution < -0.4 is 25.6 Å². The number of hydrogen-bond acceptors (Lipinski definition) is 6. The maximum atomic E-state index is 11.6. The maximum absolute atomic E-state index is 11.6. The molecule has 0 radical (unpaired) electrons. The third-order valence-corrected chi connectivity index (χ3v) is 5.12. The van der Waals surface area contributed by atoms with Crippen LogP contribution in [0.3, 0.4) is 0 Å². The molecule has 0 saturated heterocycles. The number of hydrazine groups is 1. The molecule has 2 aromatic carbocycles. The minimum atomic E-state index is -0.522. The number of hydrogen-bond donors (Lipinski definition) is 3. The lowest BCUT2D eigenvalue weighted by atomic mass is 9.99. The number of thiocarbonyl (C=S) groups is 1. The van der Waals surface area contributed by atoms with Crippen molar-refractivity contribution in [3.05, 3.63) is 59.7 Å². The normalized spacial score (nSPS) is 13.8. The highest BCUT2D eigenvalue weighted by atomic mass is 32.1. The summed E-state index contributed by atoms with van der Waals surface area (Å²) in [4.78, 5) is 11.6. The van der Waals surface area contributed by atoms with Crippen LogP contribution in [0, 0.1) is 0 Å². The lowest BCUT2D eigenvalue weighted by Crippen LogP contribution is -2.41. The second-order valence-electron chi connectivity index (χ2n) is 8.50. The van der Waals surface area contributed by atoms with E-state index in [-0.39, 0.29) is 6.61 Å². The molecule has 0 saturated carbocycles. The molecule has 33 heavy (non-hydrogen) atoms. The number of rotatable bonds is 8. The van der Waals surface area contributed by atoms with Gasteiger partial charge in [-0.3, -0.25) is 10.9 Å². The van der Waals surface area contributed by atoms with E-state index >= 15 is 0 Å². The molecule has 3 N–H and O–H groups in total. The maximum Gasteiger partial charge on any atom is 0.344 e. The van der Waals surface area contributed by atoms with E-state index in [0.29, 0.717) is 29.1 Å². The summed E-state index contributed by atoms with van der Waals surface area (Å²) in [6, 6.07) is 13.6. The summed E-state index contributed by atoms with van der Waals surface area (Å²) in [5.74, 6) is 1.28. The molecule has 2 aromatic rings. The molecular weight excluding hydrogens is 438 g/mol. The highest BCUT2D eigenvalue weighted by molar-refractivity contribution is 7.80. The van der Waals surface area contributed by atoms with Gasteiger partial charge in [0.05, 0.1) is 12.3 Å². The Bertz CT molecular complexity index is 1030. The van der Waals surface area contributed by atoms with E-state index in [1.165, 1.54) is 5.56 Å². The average molecular weight is 470 g/mol. The Morgan fingerprint density at radius 1 is 1.15 bits per heavy atom. The van der Waals surface area contributed by atoms with Gasteiger partial charge < -0.3 is 19.5 Å². The first-order valence-electron chi connectivity index (χ1n) is 10.9. The van der Waals surface area contributed by atoms with E-state index in [0.717, 1.165) is 16.9 Å². The van der Waals surface area contributed by atoms with E-state index in [1.54, 1.807) is 13.0 Å². The second-order valence-corrected chi connectivity index (χ2v) is 8.90. The highest BCUT2D eigenvalue weighted by Gasteiger charge is 2.27. The van der Waals surface area contributed by atoms with Crippen LogP contribution in [0.4, 0.5) is 5.69 Å². The van der Waals surface area contributed by atoms with Gasteiger partial charge in [-0.05, 0) is 80.9 Å². The minimum Gasteiger partial charge on any atom is -0.483 e. The zero-order valence-electron chi connectivity index (χ0n) is 19.7. The van der Waals surface area contributed by atoms with Gasteiger partial charge in [0.1, 0.15) is 17.1 Å². The van der Waals surface area contributed by atoms with Gasteiger partial charge in [0.2, 0.25) is 0 Å². The molecule has 176 valence electrons. The fourth-order valence-corrected chi connectivity index (χ4v) is 3.49. The fraction of sp³-hybridized carbons (Fsp3) is 0.360. The van der Waals surface area contributed by atoms with Crippen molar-refractivity contribution in [2.24, 2.45) is 0 Å². The Morgan fingerprint density at radius 3 is 2.55 bits per heavy atom. The van der Waals surface area contributed by atoms with Crippen LogP contribution in [0.2, 0.25) is 0 Å². The molecule has 1 heterocycles. The van der Waals surface area contributed by atoms with Crippen molar-refractivity contribution in [2.45, 2.75) is 46.1 Å². The molecule has 0 unspecified atom stereocenters. The summed E-state index contributed by atoms with van der Waals surface area (Å²) in [6.07, 6.45) is 1.96. The van der Waals surface area contributed by atoms with Crippen molar-refractivity contribution in [3.63, 3.8) is 0 Å². The summed E-state index contributed by atoms with van der Waals surface area (Å²) >= 11 is 5.45. The van der Waals surface area contributed by atoms with Crippen molar-refractivity contribution in [1.29, 1.82) is 0 Å². The molecule has 0 aliphatic carbocycles. The third kappa shape index (κ3) is 6.86. The number of carbonyl (C=O) groups excluding carboxylic acids is 1. The zero-order chi connectivity index (χ0) is 24.0. The van der Waals surface area contributed by atoms with Crippen molar-refractivity contribution in [2.75, 3.05) is 18.5 Å². The van der Waals surface area contributed by atoms with Crippen LogP contribution in [0.5, 0.6) is 11.5 Å². The number of ether oxygens (including phenoxy) is 3. The first-order chi connectivity index (χ1) is 15.7. The summed E-state index contributed by atoms with van der Waals surface area (Å²) in [5, 5.41) is 3.60. The fourth-order valence-electron chi connectivity index (χ4n) is 3.32. The third-order valence-electron chi connectivity index (χ3n) is 4.91. The molecule has 0 atom stereocenters.